The van der Waals surface area contributed by atoms with Crippen molar-refractivity contribution < 1.29 is 17.7 Å². The van der Waals surface area contributed by atoms with Crippen LogP contribution in [0.2, 0.25) is 0 Å². The van der Waals surface area contributed by atoms with Crippen LogP contribution < -0.4 is 5.32 Å². The van der Waals surface area contributed by atoms with Crippen LogP contribution in [0.15, 0.2) is 28.8 Å². The highest BCUT2D eigenvalue weighted by molar-refractivity contribution is 5.25. The van der Waals surface area contributed by atoms with Gasteiger partial charge in [0.25, 0.3) is 0 Å². The van der Waals surface area contributed by atoms with Gasteiger partial charge < -0.3 is 9.84 Å². The van der Waals surface area contributed by atoms with E-state index in [4.69, 9.17) is 4.52 Å². The van der Waals surface area contributed by atoms with Crippen molar-refractivity contribution in [2.24, 2.45) is 0 Å². The molecule has 1 aromatic heterocycles. The van der Waals surface area contributed by atoms with Crippen LogP contribution >= 0.6 is 0 Å². The summed E-state index contributed by atoms with van der Waals surface area (Å²) in [6, 6.07) is 5.26. The van der Waals surface area contributed by atoms with Gasteiger partial charge in [-0.1, -0.05) is 23.4 Å². The second-order valence-electron chi connectivity index (χ2n) is 4.36. The number of aromatic nitrogens is 2. The molecule has 20 heavy (non-hydrogen) atoms. The van der Waals surface area contributed by atoms with E-state index < -0.39 is 11.7 Å². The van der Waals surface area contributed by atoms with Crippen molar-refractivity contribution in [3.05, 3.63) is 47.1 Å². The molecule has 2 rings (SSSR count). The van der Waals surface area contributed by atoms with Crippen molar-refractivity contribution in [2.45, 2.75) is 26.1 Å². The molecule has 0 saturated heterocycles. The summed E-state index contributed by atoms with van der Waals surface area (Å²) in [7, 11) is 0. The number of benzene rings is 1. The fourth-order valence-corrected chi connectivity index (χ4v) is 1.73. The van der Waals surface area contributed by atoms with Gasteiger partial charge in [0.1, 0.15) is 0 Å². The lowest BCUT2D eigenvalue weighted by Gasteiger charge is -2.09. The van der Waals surface area contributed by atoms with E-state index in [2.05, 4.69) is 15.5 Å². The van der Waals surface area contributed by atoms with Gasteiger partial charge in [0.05, 0.1) is 5.56 Å². The molecule has 0 saturated carbocycles. The van der Waals surface area contributed by atoms with Gasteiger partial charge in [0.15, 0.2) is 5.82 Å². The molecule has 0 radical (unpaired) electrons. The Morgan fingerprint density at radius 1 is 1.30 bits per heavy atom. The number of nitrogens with one attached hydrogen (secondary N) is 1. The monoisotopic (exact) mass is 285 g/mol. The minimum atomic E-state index is -4.31. The number of hydrogen-bond donors (Lipinski definition) is 1. The van der Waals surface area contributed by atoms with Crippen LogP contribution in [0.25, 0.3) is 0 Å². The van der Waals surface area contributed by atoms with Gasteiger partial charge in [-0.15, -0.1) is 0 Å². The molecule has 0 aliphatic rings. The van der Waals surface area contributed by atoms with E-state index in [1.54, 1.807) is 13.0 Å². The maximum Gasteiger partial charge on any atom is 0.416 e. The van der Waals surface area contributed by atoms with Crippen molar-refractivity contribution in [3.63, 3.8) is 0 Å². The number of rotatable bonds is 5. The molecule has 0 unspecified atom stereocenters. The Kier molecular flexibility index (Phi) is 4.39. The van der Waals surface area contributed by atoms with E-state index in [1.165, 1.54) is 6.07 Å². The van der Waals surface area contributed by atoms with Gasteiger partial charge in [-0.25, -0.2) is 0 Å². The summed E-state index contributed by atoms with van der Waals surface area (Å²) in [5, 5.41) is 6.70. The number of nitrogens with zero attached hydrogens (tertiary/aromatic N) is 2. The van der Waals surface area contributed by atoms with E-state index in [-0.39, 0.29) is 0 Å². The fourth-order valence-electron chi connectivity index (χ4n) is 1.73. The third kappa shape index (κ3) is 4.06. The standard InChI is InChI=1S/C13H14F3N3O/c1-9-18-12(20-19-9)5-6-17-8-10-3-2-4-11(7-10)13(14,15)16/h2-4,7,17H,5-6,8H2,1H3. The van der Waals surface area contributed by atoms with Crippen LogP contribution in [0, 0.1) is 6.92 Å². The first kappa shape index (κ1) is 14.5. The molecule has 4 nitrogen and oxygen atoms in total. The van der Waals surface area contributed by atoms with E-state index in [0.717, 1.165) is 12.1 Å². The normalized spacial score (nSPS) is 11.8. The summed E-state index contributed by atoms with van der Waals surface area (Å²) in [6.45, 7) is 2.64. The maximum absolute atomic E-state index is 12.5. The first-order valence-corrected chi connectivity index (χ1v) is 6.11. The molecular weight excluding hydrogens is 271 g/mol. The zero-order valence-corrected chi connectivity index (χ0v) is 10.9. The lowest BCUT2D eigenvalue weighted by atomic mass is 10.1. The molecule has 0 fully saturated rings. The molecule has 1 heterocycles. The molecule has 0 spiro atoms. The molecule has 1 N–H and O–H groups in total. The average molecular weight is 285 g/mol. The van der Waals surface area contributed by atoms with E-state index in [9.17, 15) is 13.2 Å². The Labute approximate surface area is 114 Å². The molecule has 0 bridgehead atoms. The number of halogens is 3. The summed E-state index contributed by atoms with van der Waals surface area (Å²) in [4.78, 5) is 4.04. The summed E-state index contributed by atoms with van der Waals surface area (Å²) >= 11 is 0. The molecule has 0 atom stereocenters. The molecule has 7 heteroatoms. The quantitative estimate of drug-likeness (QED) is 0.858. The molecule has 0 aliphatic heterocycles. The largest absolute Gasteiger partial charge is 0.416 e. The van der Waals surface area contributed by atoms with Crippen molar-refractivity contribution in [3.8, 4) is 0 Å². The Bertz CT molecular complexity index is 566. The Balaban J connectivity index is 1.82. The molecular formula is C13H14F3N3O. The second-order valence-corrected chi connectivity index (χ2v) is 4.36. The molecule has 1 aromatic carbocycles. The minimum Gasteiger partial charge on any atom is -0.339 e. The molecule has 108 valence electrons. The second kappa shape index (κ2) is 6.04. The Morgan fingerprint density at radius 3 is 2.75 bits per heavy atom. The topological polar surface area (TPSA) is 51.0 Å². The highest BCUT2D eigenvalue weighted by Gasteiger charge is 2.30. The van der Waals surface area contributed by atoms with Crippen LogP contribution in [-0.2, 0) is 19.1 Å². The number of hydrogen-bond acceptors (Lipinski definition) is 4. The van der Waals surface area contributed by atoms with Gasteiger partial charge in [-0.05, 0) is 18.6 Å². The van der Waals surface area contributed by atoms with Crippen LogP contribution in [0.4, 0.5) is 13.2 Å². The minimum absolute atomic E-state index is 0.358. The first-order valence-electron chi connectivity index (χ1n) is 6.11. The Morgan fingerprint density at radius 2 is 2.10 bits per heavy atom. The van der Waals surface area contributed by atoms with Gasteiger partial charge >= 0.3 is 6.18 Å². The van der Waals surface area contributed by atoms with Crippen molar-refractivity contribution in [1.29, 1.82) is 0 Å². The molecule has 0 aliphatic carbocycles. The summed E-state index contributed by atoms with van der Waals surface area (Å²) in [6.07, 6.45) is -3.77. The lowest BCUT2D eigenvalue weighted by molar-refractivity contribution is -0.137. The SMILES string of the molecule is Cc1noc(CCNCc2cccc(C(F)(F)F)c2)n1. The van der Waals surface area contributed by atoms with Crippen LogP contribution in [0.5, 0.6) is 0 Å². The third-order valence-electron chi connectivity index (χ3n) is 2.67. The number of aryl methyl sites for hydroxylation is 1. The van der Waals surface area contributed by atoms with E-state index >= 15 is 0 Å². The summed E-state index contributed by atoms with van der Waals surface area (Å²) in [5.74, 6) is 1.08. The maximum atomic E-state index is 12.5. The fraction of sp³-hybridized carbons (Fsp3) is 0.385. The summed E-state index contributed by atoms with van der Waals surface area (Å²) < 4.78 is 42.5. The third-order valence-corrected chi connectivity index (χ3v) is 2.67. The average Bonchev–Trinajstić information content (AvgIpc) is 2.80. The Hall–Kier alpha value is -1.89. The van der Waals surface area contributed by atoms with E-state index in [0.29, 0.717) is 36.8 Å². The van der Waals surface area contributed by atoms with Gasteiger partial charge in [0, 0.05) is 19.5 Å². The van der Waals surface area contributed by atoms with Crippen molar-refractivity contribution in [1.82, 2.24) is 15.5 Å². The predicted octanol–water partition coefficient (Wildman–Crippen LogP) is 2.73. The lowest BCUT2D eigenvalue weighted by Crippen LogP contribution is -2.17. The smallest absolute Gasteiger partial charge is 0.339 e. The van der Waals surface area contributed by atoms with E-state index in [1.807, 2.05) is 0 Å². The van der Waals surface area contributed by atoms with Crippen LogP contribution in [0.3, 0.4) is 0 Å². The van der Waals surface area contributed by atoms with Crippen molar-refractivity contribution in [2.75, 3.05) is 6.54 Å². The zero-order chi connectivity index (χ0) is 14.6. The van der Waals surface area contributed by atoms with Crippen LogP contribution in [0.1, 0.15) is 22.8 Å². The predicted molar refractivity (Wildman–Crippen MR) is 65.9 cm³/mol. The van der Waals surface area contributed by atoms with Gasteiger partial charge in [-0.3, -0.25) is 0 Å². The van der Waals surface area contributed by atoms with Gasteiger partial charge in [-0.2, -0.15) is 18.2 Å². The molecule has 0 amide bonds. The van der Waals surface area contributed by atoms with Gasteiger partial charge in [0.2, 0.25) is 5.89 Å². The molecule has 2 aromatic rings. The highest BCUT2D eigenvalue weighted by Crippen LogP contribution is 2.29. The first-order chi connectivity index (χ1) is 9.45. The highest BCUT2D eigenvalue weighted by atomic mass is 19.4. The van der Waals surface area contributed by atoms with Crippen LogP contribution in [-0.4, -0.2) is 16.7 Å². The number of alkyl halides is 3. The van der Waals surface area contributed by atoms with Crippen molar-refractivity contribution >= 4 is 0 Å². The summed E-state index contributed by atoms with van der Waals surface area (Å²) in [5.41, 5.74) is -0.0501. The zero-order valence-electron chi connectivity index (χ0n) is 10.9.